The number of hydrogen-bond acceptors (Lipinski definition) is 2. The topological polar surface area (TPSA) is 49.3 Å². The summed E-state index contributed by atoms with van der Waals surface area (Å²) in [7, 11) is 0. The summed E-state index contributed by atoms with van der Waals surface area (Å²) in [6.07, 6.45) is 1.63. The molecule has 0 saturated heterocycles. The average molecular weight is 267 g/mol. The fourth-order valence-electron chi connectivity index (χ4n) is 2.68. The fourth-order valence-corrected chi connectivity index (χ4v) is 2.68. The van der Waals surface area contributed by atoms with Crippen LogP contribution in [0, 0.1) is 5.92 Å². The van der Waals surface area contributed by atoms with Crippen LogP contribution < -0.4 is 5.32 Å². The number of carbonyl (C=O) groups excluding carboxylic acids is 1. The lowest BCUT2D eigenvalue weighted by Crippen LogP contribution is -2.23. The van der Waals surface area contributed by atoms with Crippen molar-refractivity contribution in [3.63, 3.8) is 0 Å². The number of anilines is 1. The molecule has 0 bridgehead atoms. The van der Waals surface area contributed by atoms with Crippen molar-refractivity contribution >= 4 is 11.6 Å². The van der Waals surface area contributed by atoms with Gasteiger partial charge in [0.1, 0.15) is 0 Å². The number of fused-ring (bicyclic) bond motifs is 1. The molecule has 0 heterocycles. The summed E-state index contributed by atoms with van der Waals surface area (Å²) in [5.41, 5.74) is 4.19. The molecule has 1 amide bonds. The Morgan fingerprint density at radius 1 is 1.05 bits per heavy atom. The smallest absolute Gasteiger partial charge is 0.228 e. The van der Waals surface area contributed by atoms with Crippen LogP contribution in [-0.4, -0.2) is 11.0 Å². The molecule has 102 valence electrons. The maximum Gasteiger partial charge on any atom is 0.228 e. The molecule has 2 aromatic rings. The van der Waals surface area contributed by atoms with Crippen molar-refractivity contribution in [2.45, 2.75) is 19.4 Å². The van der Waals surface area contributed by atoms with Crippen molar-refractivity contribution in [1.82, 2.24) is 0 Å². The highest BCUT2D eigenvalue weighted by Crippen LogP contribution is 2.27. The number of nitrogens with one attached hydrogen (secondary N) is 1. The van der Waals surface area contributed by atoms with Crippen molar-refractivity contribution in [1.29, 1.82) is 0 Å². The third-order valence-electron chi connectivity index (χ3n) is 3.83. The summed E-state index contributed by atoms with van der Waals surface area (Å²) < 4.78 is 0. The highest BCUT2D eigenvalue weighted by atomic mass is 16.3. The van der Waals surface area contributed by atoms with Gasteiger partial charge in [-0.1, -0.05) is 36.4 Å². The quantitative estimate of drug-likeness (QED) is 0.897. The zero-order chi connectivity index (χ0) is 13.9. The van der Waals surface area contributed by atoms with Crippen LogP contribution in [0.15, 0.2) is 48.5 Å². The van der Waals surface area contributed by atoms with E-state index in [1.165, 1.54) is 11.1 Å². The summed E-state index contributed by atoms with van der Waals surface area (Å²) in [5.74, 6) is 0.0860. The van der Waals surface area contributed by atoms with Gasteiger partial charge in [0.25, 0.3) is 0 Å². The molecule has 2 aromatic carbocycles. The summed E-state index contributed by atoms with van der Waals surface area (Å²) in [6.45, 7) is 0.0200. The van der Waals surface area contributed by atoms with Crippen LogP contribution >= 0.6 is 0 Å². The van der Waals surface area contributed by atoms with E-state index in [1.807, 2.05) is 36.4 Å². The van der Waals surface area contributed by atoms with Crippen LogP contribution in [0.3, 0.4) is 0 Å². The zero-order valence-corrected chi connectivity index (χ0v) is 11.2. The van der Waals surface area contributed by atoms with Gasteiger partial charge >= 0.3 is 0 Å². The van der Waals surface area contributed by atoms with E-state index in [0.717, 1.165) is 24.1 Å². The Morgan fingerprint density at radius 3 is 2.20 bits per heavy atom. The highest BCUT2D eigenvalue weighted by Gasteiger charge is 2.26. The third-order valence-corrected chi connectivity index (χ3v) is 3.83. The molecule has 1 aliphatic rings. The first kappa shape index (κ1) is 12.9. The summed E-state index contributed by atoms with van der Waals surface area (Å²) in [4.78, 5) is 12.3. The van der Waals surface area contributed by atoms with Gasteiger partial charge in [0.05, 0.1) is 6.61 Å². The minimum atomic E-state index is 0.0184. The molecule has 3 rings (SSSR count). The van der Waals surface area contributed by atoms with E-state index in [4.69, 9.17) is 5.11 Å². The van der Waals surface area contributed by atoms with Crippen molar-refractivity contribution in [3.8, 4) is 0 Å². The van der Waals surface area contributed by atoms with Crippen molar-refractivity contribution in [2.75, 3.05) is 5.32 Å². The third kappa shape index (κ3) is 2.58. The largest absolute Gasteiger partial charge is 0.392 e. The molecule has 0 radical (unpaired) electrons. The van der Waals surface area contributed by atoms with Crippen LogP contribution in [0.5, 0.6) is 0 Å². The predicted octanol–water partition coefficient (Wildman–Crippen LogP) is 2.53. The van der Waals surface area contributed by atoms with E-state index in [1.54, 1.807) is 0 Å². The lowest BCUT2D eigenvalue weighted by atomic mass is 10.1. The molecule has 0 saturated carbocycles. The summed E-state index contributed by atoms with van der Waals surface area (Å²) in [6, 6.07) is 15.5. The zero-order valence-electron chi connectivity index (χ0n) is 11.2. The van der Waals surface area contributed by atoms with Crippen molar-refractivity contribution in [3.05, 3.63) is 65.2 Å². The van der Waals surface area contributed by atoms with Crippen molar-refractivity contribution in [2.24, 2.45) is 5.92 Å². The summed E-state index contributed by atoms with van der Waals surface area (Å²) in [5, 5.41) is 11.9. The lowest BCUT2D eigenvalue weighted by Gasteiger charge is -2.10. The number of aliphatic hydroxyl groups excluding tert-OH is 1. The van der Waals surface area contributed by atoms with Crippen molar-refractivity contribution < 1.29 is 9.90 Å². The molecule has 0 unspecified atom stereocenters. The first-order chi connectivity index (χ1) is 9.76. The molecule has 3 nitrogen and oxygen atoms in total. The standard InChI is InChI=1S/C17H17NO2/c19-11-12-5-7-16(8-6-12)18-17(20)15-9-13-3-1-2-4-14(13)10-15/h1-8,15,19H,9-11H2,(H,18,20). The molecule has 0 fully saturated rings. The SMILES string of the molecule is O=C(Nc1ccc(CO)cc1)C1Cc2ccccc2C1. The predicted molar refractivity (Wildman–Crippen MR) is 78.3 cm³/mol. The van der Waals surface area contributed by atoms with Gasteiger partial charge < -0.3 is 10.4 Å². The molecule has 3 heteroatoms. The number of hydrogen-bond donors (Lipinski definition) is 2. The normalized spacial score (nSPS) is 14.1. The fraction of sp³-hybridized carbons (Fsp3) is 0.235. The first-order valence-electron chi connectivity index (χ1n) is 6.83. The van der Waals surface area contributed by atoms with Gasteiger partial charge in [-0.2, -0.15) is 0 Å². The van der Waals surface area contributed by atoms with Crippen LogP contribution in [0.4, 0.5) is 5.69 Å². The van der Waals surface area contributed by atoms with E-state index >= 15 is 0 Å². The monoisotopic (exact) mass is 267 g/mol. The van der Waals surface area contributed by atoms with E-state index in [0.29, 0.717) is 0 Å². The second-order valence-electron chi connectivity index (χ2n) is 5.22. The molecule has 2 N–H and O–H groups in total. The van der Waals surface area contributed by atoms with Gasteiger partial charge in [0.15, 0.2) is 0 Å². The van der Waals surface area contributed by atoms with E-state index < -0.39 is 0 Å². The van der Waals surface area contributed by atoms with E-state index in [2.05, 4.69) is 17.4 Å². The molecular weight excluding hydrogens is 250 g/mol. The Hall–Kier alpha value is -2.13. The minimum absolute atomic E-state index is 0.0184. The molecule has 0 spiro atoms. The maximum absolute atomic E-state index is 12.3. The molecule has 20 heavy (non-hydrogen) atoms. The Kier molecular flexibility index (Phi) is 3.52. The minimum Gasteiger partial charge on any atom is -0.392 e. The van der Waals surface area contributed by atoms with Crippen LogP contribution in [0.1, 0.15) is 16.7 Å². The number of amides is 1. The molecular formula is C17H17NO2. The Labute approximate surface area is 118 Å². The number of carbonyl (C=O) groups is 1. The maximum atomic E-state index is 12.3. The number of benzene rings is 2. The van der Waals surface area contributed by atoms with Crippen LogP contribution in [-0.2, 0) is 24.2 Å². The second-order valence-corrected chi connectivity index (χ2v) is 5.22. The Balaban J connectivity index is 1.66. The molecule has 0 aliphatic heterocycles. The second kappa shape index (κ2) is 5.47. The summed E-state index contributed by atoms with van der Waals surface area (Å²) >= 11 is 0. The van der Waals surface area contributed by atoms with E-state index in [9.17, 15) is 4.79 Å². The Bertz CT molecular complexity index is 594. The van der Waals surface area contributed by atoms with Gasteiger partial charge in [-0.05, 0) is 41.7 Å². The van der Waals surface area contributed by atoms with E-state index in [-0.39, 0.29) is 18.4 Å². The first-order valence-corrected chi connectivity index (χ1v) is 6.83. The van der Waals surface area contributed by atoms with Gasteiger partial charge in [-0.15, -0.1) is 0 Å². The molecule has 1 aliphatic carbocycles. The highest BCUT2D eigenvalue weighted by molar-refractivity contribution is 5.93. The van der Waals surface area contributed by atoms with Crippen LogP contribution in [0.2, 0.25) is 0 Å². The van der Waals surface area contributed by atoms with Gasteiger partial charge in [0, 0.05) is 11.6 Å². The van der Waals surface area contributed by atoms with Crippen LogP contribution in [0.25, 0.3) is 0 Å². The molecule has 0 atom stereocenters. The number of aliphatic hydroxyl groups is 1. The van der Waals surface area contributed by atoms with Gasteiger partial charge in [-0.3, -0.25) is 4.79 Å². The molecule has 0 aromatic heterocycles. The van der Waals surface area contributed by atoms with Gasteiger partial charge in [-0.25, -0.2) is 0 Å². The van der Waals surface area contributed by atoms with Gasteiger partial charge in [0.2, 0.25) is 5.91 Å². The lowest BCUT2D eigenvalue weighted by molar-refractivity contribution is -0.119. The number of rotatable bonds is 3. The Morgan fingerprint density at radius 2 is 1.65 bits per heavy atom. The average Bonchev–Trinajstić information content (AvgIpc) is 2.92.